The second-order valence-electron chi connectivity index (χ2n) is 6.60. The second kappa shape index (κ2) is 5.64. The van der Waals surface area contributed by atoms with Crippen molar-refractivity contribution in [2.45, 2.75) is 37.9 Å². The maximum absolute atomic E-state index is 12.9. The molecule has 22 heavy (non-hydrogen) atoms. The van der Waals surface area contributed by atoms with Crippen molar-refractivity contribution in [2.24, 2.45) is 11.8 Å². The molecule has 3 heteroatoms. The van der Waals surface area contributed by atoms with E-state index in [0.717, 1.165) is 43.2 Å². The first-order valence-electron chi connectivity index (χ1n) is 8.36. The Balaban J connectivity index is 1.60. The molecule has 3 fully saturated rings. The van der Waals surface area contributed by atoms with Gasteiger partial charge < -0.3 is 9.47 Å². The van der Waals surface area contributed by atoms with E-state index >= 15 is 0 Å². The van der Waals surface area contributed by atoms with Crippen molar-refractivity contribution in [3.63, 3.8) is 0 Å². The Morgan fingerprint density at radius 2 is 1.86 bits per heavy atom. The number of fused-ring (bicyclic) bond motifs is 2. The number of rotatable bonds is 1. The van der Waals surface area contributed by atoms with Gasteiger partial charge in [0.15, 0.2) is 11.6 Å². The van der Waals surface area contributed by atoms with Crippen LogP contribution in [-0.2, 0) is 14.3 Å². The third kappa shape index (κ3) is 2.33. The van der Waals surface area contributed by atoms with Gasteiger partial charge in [-0.05, 0) is 42.9 Å². The van der Waals surface area contributed by atoms with Crippen molar-refractivity contribution in [3.8, 4) is 0 Å². The molecule has 1 spiro atoms. The number of benzene rings is 1. The number of allylic oxidation sites excluding steroid dienone is 1. The summed E-state index contributed by atoms with van der Waals surface area (Å²) in [5, 5.41) is 0. The number of carbonyl (C=O) groups excluding carboxylic acids is 1. The van der Waals surface area contributed by atoms with E-state index in [9.17, 15) is 4.79 Å². The van der Waals surface area contributed by atoms with E-state index < -0.39 is 5.79 Å². The molecule has 3 nitrogen and oxygen atoms in total. The fourth-order valence-corrected chi connectivity index (χ4v) is 4.39. The summed E-state index contributed by atoms with van der Waals surface area (Å²) in [6.45, 7) is 1.34. The summed E-state index contributed by atoms with van der Waals surface area (Å²) in [7, 11) is 0. The highest BCUT2D eigenvalue weighted by molar-refractivity contribution is 6.02. The van der Waals surface area contributed by atoms with E-state index in [4.69, 9.17) is 9.47 Å². The zero-order valence-electron chi connectivity index (χ0n) is 12.8. The number of ketones is 1. The van der Waals surface area contributed by atoms with Crippen molar-refractivity contribution >= 4 is 11.9 Å². The van der Waals surface area contributed by atoms with Crippen LogP contribution in [0.15, 0.2) is 35.9 Å². The highest BCUT2D eigenvalue weighted by Crippen LogP contribution is 2.49. The Hall–Kier alpha value is -1.45. The SMILES string of the molecule is O=C1/C(=C/c2ccccc2)CCC2C1CCCC21OCCO1. The number of Topliss-reactive ketones (excluding diaryl/α,β-unsaturated/α-hetero) is 1. The lowest BCUT2D eigenvalue weighted by Gasteiger charge is -2.46. The van der Waals surface area contributed by atoms with Gasteiger partial charge in [-0.1, -0.05) is 30.3 Å². The molecule has 0 radical (unpaired) electrons. The summed E-state index contributed by atoms with van der Waals surface area (Å²) < 4.78 is 11.9. The first-order chi connectivity index (χ1) is 10.8. The Morgan fingerprint density at radius 1 is 1.09 bits per heavy atom. The van der Waals surface area contributed by atoms with Crippen LogP contribution in [0.5, 0.6) is 0 Å². The monoisotopic (exact) mass is 298 g/mol. The molecule has 0 aromatic heterocycles. The molecule has 3 aliphatic rings. The summed E-state index contributed by atoms with van der Waals surface area (Å²) in [4.78, 5) is 12.9. The summed E-state index contributed by atoms with van der Waals surface area (Å²) in [5.74, 6) is 0.176. The largest absolute Gasteiger partial charge is 0.347 e. The minimum Gasteiger partial charge on any atom is -0.347 e. The third-order valence-corrected chi connectivity index (χ3v) is 5.39. The maximum Gasteiger partial charge on any atom is 0.171 e. The lowest BCUT2D eigenvalue weighted by Crippen LogP contribution is -2.50. The lowest BCUT2D eigenvalue weighted by molar-refractivity contribution is -0.227. The van der Waals surface area contributed by atoms with Gasteiger partial charge in [0.25, 0.3) is 0 Å². The Kier molecular flexibility index (Phi) is 3.63. The first-order valence-corrected chi connectivity index (χ1v) is 8.36. The van der Waals surface area contributed by atoms with Crippen LogP contribution < -0.4 is 0 Å². The van der Waals surface area contributed by atoms with Crippen molar-refractivity contribution in [2.75, 3.05) is 13.2 Å². The van der Waals surface area contributed by atoms with Crippen LogP contribution in [0, 0.1) is 11.8 Å². The zero-order valence-corrected chi connectivity index (χ0v) is 12.8. The molecule has 1 saturated heterocycles. The number of carbonyl (C=O) groups is 1. The molecule has 116 valence electrons. The van der Waals surface area contributed by atoms with Gasteiger partial charge in [0, 0.05) is 18.3 Å². The van der Waals surface area contributed by atoms with Crippen molar-refractivity contribution in [1.29, 1.82) is 0 Å². The molecule has 2 atom stereocenters. The van der Waals surface area contributed by atoms with E-state index in [1.165, 1.54) is 0 Å². The lowest BCUT2D eigenvalue weighted by atomic mass is 9.65. The molecule has 0 amide bonds. The number of ether oxygens (including phenoxy) is 2. The van der Waals surface area contributed by atoms with Gasteiger partial charge in [-0.25, -0.2) is 0 Å². The van der Waals surface area contributed by atoms with E-state index in [2.05, 4.69) is 18.2 Å². The maximum atomic E-state index is 12.9. The van der Waals surface area contributed by atoms with Crippen LogP contribution in [0.2, 0.25) is 0 Å². The predicted molar refractivity (Wildman–Crippen MR) is 84.1 cm³/mol. The molecular formula is C19H22O3. The zero-order chi connectivity index (χ0) is 15.0. The average Bonchev–Trinajstić information content (AvgIpc) is 3.01. The van der Waals surface area contributed by atoms with E-state index in [1.807, 2.05) is 18.2 Å². The molecule has 2 aliphatic carbocycles. The van der Waals surface area contributed by atoms with Crippen LogP contribution in [-0.4, -0.2) is 24.8 Å². The smallest absolute Gasteiger partial charge is 0.171 e. The van der Waals surface area contributed by atoms with Gasteiger partial charge in [-0.15, -0.1) is 0 Å². The second-order valence-corrected chi connectivity index (χ2v) is 6.60. The van der Waals surface area contributed by atoms with Crippen LogP contribution in [0.25, 0.3) is 6.08 Å². The number of hydrogen-bond donors (Lipinski definition) is 0. The Labute approximate surface area is 131 Å². The van der Waals surface area contributed by atoms with Crippen LogP contribution >= 0.6 is 0 Å². The predicted octanol–water partition coefficient (Wildman–Crippen LogP) is 3.59. The van der Waals surface area contributed by atoms with Gasteiger partial charge in [-0.2, -0.15) is 0 Å². The number of hydrogen-bond acceptors (Lipinski definition) is 3. The topological polar surface area (TPSA) is 35.5 Å². The molecule has 1 aromatic carbocycles. The molecule has 0 N–H and O–H groups in total. The molecule has 2 saturated carbocycles. The highest BCUT2D eigenvalue weighted by Gasteiger charge is 2.53. The molecule has 1 heterocycles. The molecule has 2 unspecified atom stereocenters. The van der Waals surface area contributed by atoms with E-state index in [1.54, 1.807) is 0 Å². The fourth-order valence-electron chi connectivity index (χ4n) is 4.39. The summed E-state index contributed by atoms with van der Waals surface area (Å²) in [6.07, 6.45) is 6.84. The van der Waals surface area contributed by atoms with Gasteiger partial charge in [0.1, 0.15) is 0 Å². The quantitative estimate of drug-likeness (QED) is 0.743. The van der Waals surface area contributed by atoms with Crippen LogP contribution in [0.1, 0.15) is 37.7 Å². The van der Waals surface area contributed by atoms with Crippen LogP contribution in [0.4, 0.5) is 0 Å². The first kappa shape index (κ1) is 14.2. The van der Waals surface area contributed by atoms with Gasteiger partial charge in [0.05, 0.1) is 13.2 Å². The van der Waals surface area contributed by atoms with Gasteiger partial charge in [-0.3, -0.25) is 4.79 Å². The van der Waals surface area contributed by atoms with Crippen molar-refractivity contribution in [3.05, 3.63) is 41.5 Å². The van der Waals surface area contributed by atoms with E-state index in [0.29, 0.717) is 19.0 Å². The minimum absolute atomic E-state index is 0.0792. The third-order valence-electron chi connectivity index (χ3n) is 5.39. The molecule has 0 bridgehead atoms. The Bertz CT molecular complexity index is 584. The summed E-state index contributed by atoms with van der Waals surface area (Å²) >= 11 is 0. The average molecular weight is 298 g/mol. The Morgan fingerprint density at radius 3 is 2.64 bits per heavy atom. The molecule has 1 aromatic rings. The molecular weight excluding hydrogens is 276 g/mol. The van der Waals surface area contributed by atoms with Gasteiger partial charge >= 0.3 is 0 Å². The van der Waals surface area contributed by atoms with Crippen LogP contribution in [0.3, 0.4) is 0 Å². The summed E-state index contributed by atoms with van der Waals surface area (Å²) in [5.41, 5.74) is 2.09. The molecule has 4 rings (SSSR count). The van der Waals surface area contributed by atoms with Crippen molar-refractivity contribution in [1.82, 2.24) is 0 Å². The standard InChI is InChI=1S/C19H22O3/c20-18-15(13-14-5-2-1-3-6-14)8-9-17-16(18)7-4-10-19(17)21-11-12-22-19/h1-3,5-6,13,16-17H,4,7-12H2/b15-13+. The van der Waals surface area contributed by atoms with Crippen molar-refractivity contribution < 1.29 is 14.3 Å². The van der Waals surface area contributed by atoms with Gasteiger partial charge in [0.2, 0.25) is 0 Å². The molecule has 1 aliphatic heterocycles. The normalized spacial score (nSPS) is 32.4. The summed E-state index contributed by atoms with van der Waals surface area (Å²) in [6, 6.07) is 10.1. The minimum atomic E-state index is -0.461. The fraction of sp³-hybridized carbons (Fsp3) is 0.526. The van der Waals surface area contributed by atoms with E-state index in [-0.39, 0.29) is 11.8 Å². The highest BCUT2D eigenvalue weighted by atomic mass is 16.7.